The van der Waals surface area contributed by atoms with Crippen LogP contribution in [0.4, 0.5) is 0 Å². The van der Waals surface area contributed by atoms with Gasteiger partial charge in [-0.05, 0) is 13.8 Å². The van der Waals surface area contributed by atoms with Crippen LogP contribution in [-0.2, 0) is 7.05 Å². The summed E-state index contributed by atoms with van der Waals surface area (Å²) in [7, 11) is 1.69. The maximum Gasteiger partial charge on any atom is 0.240 e. The van der Waals surface area contributed by atoms with Crippen molar-refractivity contribution in [2.75, 3.05) is 0 Å². The third-order valence-electron chi connectivity index (χ3n) is 1.83. The van der Waals surface area contributed by atoms with Crippen molar-refractivity contribution in [3.05, 3.63) is 23.1 Å². The molecule has 72 valence electrons. The Kier molecular flexibility index (Phi) is 2.77. The standard InChI is InChI=1S/C9H10N4O/c1-6-8(7(2)14)4-13(3)9(12-6)11-5-10/h4H,1-3H3. The van der Waals surface area contributed by atoms with Gasteiger partial charge in [0.25, 0.3) is 0 Å². The zero-order valence-electron chi connectivity index (χ0n) is 8.27. The number of nitrogens with zero attached hydrogens (tertiary/aromatic N) is 4. The third-order valence-corrected chi connectivity index (χ3v) is 1.83. The van der Waals surface area contributed by atoms with E-state index in [1.807, 2.05) is 0 Å². The summed E-state index contributed by atoms with van der Waals surface area (Å²) >= 11 is 0. The molecule has 1 heterocycles. The summed E-state index contributed by atoms with van der Waals surface area (Å²) in [5.41, 5.74) is 1.43. The molecule has 0 saturated carbocycles. The van der Waals surface area contributed by atoms with Gasteiger partial charge in [-0.25, -0.2) is 4.98 Å². The first-order valence-electron chi connectivity index (χ1n) is 4.04. The Labute approximate surface area is 81.4 Å². The molecule has 0 atom stereocenters. The lowest BCUT2D eigenvalue weighted by atomic mass is 10.2. The van der Waals surface area contributed by atoms with Crippen molar-refractivity contribution in [2.24, 2.45) is 12.0 Å². The lowest BCUT2D eigenvalue weighted by Crippen LogP contribution is -2.24. The second kappa shape index (κ2) is 3.83. The molecule has 1 aromatic rings. The van der Waals surface area contributed by atoms with Crippen molar-refractivity contribution in [3.63, 3.8) is 0 Å². The molecule has 0 radical (unpaired) electrons. The highest BCUT2D eigenvalue weighted by Crippen LogP contribution is 2.01. The number of nitriles is 1. The number of ketones is 1. The molecule has 0 spiro atoms. The first kappa shape index (κ1) is 10.1. The molecular formula is C9H10N4O. The Hall–Kier alpha value is -1.96. The topological polar surface area (TPSA) is 71.0 Å². The molecule has 5 heteroatoms. The van der Waals surface area contributed by atoms with Gasteiger partial charge in [0, 0.05) is 13.2 Å². The summed E-state index contributed by atoms with van der Waals surface area (Å²) < 4.78 is 1.55. The summed E-state index contributed by atoms with van der Waals surface area (Å²) in [4.78, 5) is 18.7. The Morgan fingerprint density at radius 3 is 2.86 bits per heavy atom. The maximum atomic E-state index is 11.1. The highest BCUT2D eigenvalue weighted by atomic mass is 16.1. The molecule has 5 nitrogen and oxygen atoms in total. The van der Waals surface area contributed by atoms with Crippen molar-refractivity contribution >= 4 is 5.78 Å². The first-order valence-corrected chi connectivity index (χ1v) is 4.04. The number of carbonyl (C=O) groups excluding carboxylic acids is 1. The monoisotopic (exact) mass is 190 g/mol. The predicted octanol–water partition coefficient (Wildman–Crippen LogP) is 0.313. The fourth-order valence-corrected chi connectivity index (χ4v) is 1.13. The third kappa shape index (κ3) is 1.85. The van der Waals surface area contributed by atoms with Crippen molar-refractivity contribution in [3.8, 4) is 6.19 Å². The minimum atomic E-state index is -0.0471. The van der Waals surface area contributed by atoms with Gasteiger partial charge in [0.1, 0.15) is 0 Å². The number of Topliss-reactive ketones (excluding diaryl/α,β-unsaturated/α-hetero) is 1. The van der Waals surface area contributed by atoms with E-state index in [1.165, 1.54) is 6.92 Å². The molecule has 0 amide bonds. The number of aryl methyl sites for hydroxylation is 2. The maximum absolute atomic E-state index is 11.1. The van der Waals surface area contributed by atoms with Gasteiger partial charge in [-0.3, -0.25) is 4.79 Å². The SMILES string of the molecule is CC(=O)c1cn(C)c(=NC#N)nc1C. The van der Waals surface area contributed by atoms with Crippen LogP contribution in [0.2, 0.25) is 0 Å². The molecule has 0 unspecified atom stereocenters. The van der Waals surface area contributed by atoms with E-state index in [2.05, 4.69) is 9.98 Å². The van der Waals surface area contributed by atoms with Crippen molar-refractivity contribution in [1.82, 2.24) is 9.55 Å². The Balaban J connectivity index is 3.48. The Morgan fingerprint density at radius 2 is 2.36 bits per heavy atom. The molecule has 0 aliphatic heterocycles. The van der Waals surface area contributed by atoms with Gasteiger partial charge in [-0.15, -0.1) is 4.99 Å². The van der Waals surface area contributed by atoms with Gasteiger partial charge in [0.15, 0.2) is 5.78 Å². The van der Waals surface area contributed by atoms with E-state index in [9.17, 15) is 4.79 Å². The summed E-state index contributed by atoms with van der Waals surface area (Å²) in [6.07, 6.45) is 3.28. The number of aromatic nitrogens is 2. The highest BCUT2D eigenvalue weighted by Gasteiger charge is 2.05. The van der Waals surface area contributed by atoms with Crippen LogP contribution < -0.4 is 5.62 Å². The number of carbonyl (C=O) groups is 1. The van der Waals surface area contributed by atoms with Crippen LogP contribution in [-0.4, -0.2) is 15.3 Å². The zero-order valence-corrected chi connectivity index (χ0v) is 8.27. The number of hydrogen-bond donors (Lipinski definition) is 0. The van der Waals surface area contributed by atoms with Crippen LogP contribution in [0.25, 0.3) is 0 Å². The highest BCUT2D eigenvalue weighted by molar-refractivity contribution is 5.94. The number of hydrogen-bond acceptors (Lipinski definition) is 4. The van der Waals surface area contributed by atoms with E-state index in [-0.39, 0.29) is 5.78 Å². The second-order valence-corrected chi connectivity index (χ2v) is 2.92. The quantitative estimate of drug-likeness (QED) is 0.472. The van der Waals surface area contributed by atoms with Crippen molar-refractivity contribution in [2.45, 2.75) is 13.8 Å². The zero-order chi connectivity index (χ0) is 10.7. The van der Waals surface area contributed by atoms with Crippen molar-refractivity contribution in [1.29, 1.82) is 5.26 Å². The molecule has 0 bridgehead atoms. The summed E-state index contributed by atoms with van der Waals surface area (Å²) in [6.45, 7) is 3.19. The van der Waals surface area contributed by atoms with Crippen molar-refractivity contribution < 1.29 is 4.79 Å². The Bertz CT molecular complexity index is 479. The Morgan fingerprint density at radius 1 is 1.71 bits per heavy atom. The predicted molar refractivity (Wildman–Crippen MR) is 49.1 cm³/mol. The summed E-state index contributed by atoms with van der Waals surface area (Å²) in [5.74, 6) is -0.0471. The summed E-state index contributed by atoms with van der Waals surface area (Å²) in [5, 5.41) is 8.38. The smallest absolute Gasteiger partial charge is 0.240 e. The van der Waals surface area contributed by atoms with E-state index in [0.29, 0.717) is 16.9 Å². The van der Waals surface area contributed by atoms with Gasteiger partial charge in [-0.2, -0.15) is 5.26 Å². The molecule has 0 aliphatic rings. The first-order chi connectivity index (χ1) is 6.56. The van der Waals surface area contributed by atoms with Crippen LogP contribution in [0.15, 0.2) is 11.2 Å². The minimum Gasteiger partial charge on any atom is -0.319 e. The largest absolute Gasteiger partial charge is 0.319 e. The van der Waals surface area contributed by atoms with E-state index in [1.54, 1.807) is 30.9 Å². The lowest BCUT2D eigenvalue weighted by Gasteiger charge is -2.04. The average Bonchev–Trinajstić information content (AvgIpc) is 2.10. The molecule has 0 N–H and O–H groups in total. The molecular weight excluding hydrogens is 180 g/mol. The fourth-order valence-electron chi connectivity index (χ4n) is 1.13. The van der Waals surface area contributed by atoms with Gasteiger partial charge in [0.05, 0.1) is 11.3 Å². The average molecular weight is 190 g/mol. The molecule has 0 aromatic carbocycles. The summed E-state index contributed by atoms with van der Waals surface area (Å²) in [6, 6.07) is 0. The van der Waals surface area contributed by atoms with Gasteiger partial charge in [-0.1, -0.05) is 0 Å². The van der Waals surface area contributed by atoms with Gasteiger partial charge in [0.2, 0.25) is 11.8 Å². The molecule has 0 saturated heterocycles. The van der Waals surface area contributed by atoms with Gasteiger partial charge < -0.3 is 4.57 Å². The van der Waals surface area contributed by atoms with Crippen LogP contribution in [0.1, 0.15) is 23.0 Å². The van der Waals surface area contributed by atoms with E-state index in [0.717, 1.165) is 0 Å². The normalized spacial score (nSPS) is 11.1. The number of rotatable bonds is 1. The van der Waals surface area contributed by atoms with Crippen LogP contribution in [0, 0.1) is 18.4 Å². The van der Waals surface area contributed by atoms with Crippen LogP contribution >= 0.6 is 0 Å². The van der Waals surface area contributed by atoms with Crippen LogP contribution in [0.3, 0.4) is 0 Å². The van der Waals surface area contributed by atoms with E-state index >= 15 is 0 Å². The lowest BCUT2D eigenvalue weighted by molar-refractivity contribution is 0.101. The molecule has 1 aromatic heterocycles. The molecule has 1 rings (SSSR count). The van der Waals surface area contributed by atoms with E-state index in [4.69, 9.17) is 5.26 Å². The van der Waals surface area contributed by atoms with Crippen LogP contribution in [0.5, 0.6) is 0 Å². The van der Waals surface area contributed by atoms with Gasteiger partial charge >= 0.3 is 0 Å². The van der Waals surface area contributed by atoms with E-state index < -0.39 is 0 Å². The molecule has 0 fully saturated rings. The second-order valence-electron chi connectivity index (χ2n) is 2.92. The fraction of sp³-hybridized carbons (Fsp3) is 0.333. The minimum absolute atomic E-state index is 0.0471. The molecule has 0 aliphatic carbocycles. The molecule has 14 heavy (non-hydrogen) atoms.